The summed E-state index contributed by atoms with van der Waals surface area (Å²) in [5, 5.41) is 6.43. The molecule has 0 aliphatic heterocycles. The maximum atomic E-state index is 5.92. The summed E-state index contributed by atoms with van der Waals surface area (Å²) in [7, 11) is 0. The van der Waals surface area contributed by atoms with E-state index in [0.29, 0.717) is 18.4 Å². The normalized spacial score (nSPS) is 11.7. The van der Waals surface area contributed by atoms with Crippen molar-refractivity contribution in [1.82, 2.24) is 15.0 Å². The van der Waals surface area contributed by atoms with Gasteiger partial charge in [0.2, 0.25) is 17.2 Å². The van der Waals surface area contributed by atoms with Crippen molar-refractivity contribution >= 4 is 23.5 Å². The van der Waals surface area contributed by atoms with Gasteiger partial charge in [-0.15, -0.1) is 6.58 Å². The van der Waals surface area contributed by atoms with Crippen LogP contribution in [0.2, 0.25) is 5.28 Å². The fraction of sp³-hybridized carbons (Fsp3) is 0.312. The van der Waals surface area contributed by atoms with Gasteiger partial charge in [-0.25, -0.2) is 0 Å². The molecule has 1 aromatic carbocycles. The number of aromatic nitrogens is 3. The Kier molecular flexibility index (Phi) is 6.15. The van der Waals surface area contributed by atoms with Crippen LogP contribution in [0.5, 0.6) is 0 Å². The Morgan fingerprint density at radius 1 is 1.18 bits per heavy atom. The second-order valence-electron chi connectivity index (χ2n) is 4.99. The van der Waals surface area contributed by atoms with Crippen LogP contribution >= 0.6 is 11.6 Å². The summed E-state index contributed by atoms with van der Waals surface area (Å²) in [6, 6.07) is 10.6. The molecule has 0 amide bonds. The van der Waals surface area contributed by atoms with Gasteiger partial charge in [-0.2, -0.15) is 15.0 Å². The van der Waals surface area contributed by atoms with Crippen molar-refractivity contribution in [3.63, 3.8) is 0 Å². The lowest BCUT2D eigenvalue weighted by Gasteiger charge is -2.14. The van der Waals surface area contributed by atoms with Crippen molar-refractivity contribution in [3.05, 3.63) is 53.8 Å². The number of rotatable bonds is 8. The zero-order chi connectivity index (χ0) is 15.8. The van der Waals surface area contributed by atoms with E-state index in [9.17, 15) is 0 Å². The summed E-state index contributed by atoms with van der Waals surface area (Å²) < 4.78 is 0. The van der Waals surface area contributed by atoms with Gasteiger partial charge in [0.15, 0.2) is 0 Å². The minimum atomic E-state index is 0.166. The van der Waals surface area contributed by atoms with Gasteiger partial charge in [-0.3, -0.25) is 0 Å². The maximum Gasteiger partial charge on any atom is 0.229 e. The standard InChI is InChI=1S/C16H20ClN5/c1-3-11-18-15-20-14(17)21-16(22-15)19-12(2)9-10-13-7-5-4-6-8-13/h3-8,12H,1,9-11H2,2H3,(H2,18,19,20,21,22). The number of nitrogens with zero attached hydrogens (tertiary/aromatic N) is 3. The number of hydrogen-bond donors (Lipinski definition) is 2. The van der Waals surface area contributed by atoms with E-state index in [0.717, 1.165) is 12.8 Å². The van der Waals surface area contributed by atoms with Gasteiger partial charge in [0.05, 0.1) is 0 Å². The lowest BCUT2D eigenvalue weighted by atomic mass is 10.1. The molecule has 22 heavy (non-hydrogen) atoms. The molecule has 0 saturated heterocycles. The van der Waals surface area contributed by atoms with Crippen LogP contribution in [-0.4, -0.2) is 27.5 Å². The number of anilines is 2. The molecule has 1 atom stereocenters. The van der Waals surface area contributed by atoms with Crippen molar-refractivity contribution in [3.8, 4) is 0 Å². The van der Waals surface area contributed by atoms with Crippen LogP contribution in [0.1, 0.15) is 18.9 Å². The number of halogens is 1. The van der Waals surface area contributed by atoms with Crippen LogP contribution < -0.4 is 10.6 Å². The van der Waals surface area contributed by atoms with E-state index in [4.69, 9.17) is 11.6 Å². The van der Waals surface area contributed by atoms with E-state index in [1.807, 2.05) is 6.07 Å². The highest BCUT2D eigenvalue weighted by atomic mass is 35.5. The quantitative estimate of drug-likeness (QED) is 0.729. The molecule has 1 aromatic heterocycles. The van der Waals surface area contributed by atoms with Crippen molar-refractivity contribution in [1.29, 1.82) is 0 Å². The van der Waals surface area contributed by atoms with Crippen molar-refractivity contribution < 1.29 is 0 Å². The molecule has 0 radical (unpaired) electrons. The van der Waals surface area contributed by atoms with Crippen molar-refractivity contribution in [2.45, 2.75) is 25.8 Å². The summed E-state index contributed by atoms with van der Waals surface area (Å²) in [6.45, 7) is 6.31. The molecule has 1 unspecified atom stereocenters. The van der Waals surface area contributed by atoms with Crippen LogP contribution in [0.15, 0.2) is 43.0 Å². The molecular weight excluding hydrogens is 298 g/mol. The van der Waals surface area contributed by atoms with Crippen LogP contribution in [0.4, 0.5) is 11.9 Å². The summed E-state index contributed by atoms with van der Waals surface area (Å²) in [6.07, 6.45) is 3.70. The van der Waals surface area contributed by atoms with Crippen LogP contribution in [0.3, 0.4) is 0 Å². The number of aryl methyl sites for hydroxylation is 1. The summed E-state index contributed by atoms with van der Waals surface area (Å²) in [5.74, 6) is 0.921. The molecule has 6 heteroatoms. The number of benzene rings is 1. The predicted octanol–water partition coefficient (Wildman–Crippen LogP) is 3.56. The van der Waals surface area contributed by atoms with Gasteiger partial charge in [0, 0.05) is 12.6 Å². The first-order chi connectivity index (χ1) is 10.7. The topological polar surface area (TPSA) is 62.7 Å². The largest absolute Gasteiger partial charge is 0.352 e. The van der Waals surface area contributed by atoms with Crippen LogP contribution in [0.25, 0.3) is 0 Å². The Balaban J connectivity index is 1.91. The SMILES string of the molecule is C=CCNc1nc(Cl)nc(NC(C)CCc2ccccc2)n1. The van der Waals surface area contributed by atoms with Crippen molar-refractivity contribution in [2.24, 2.45) is 0 Å². The highest BCUT2D eigenvalue weighted by molar-refractivity contribution is 6.28. The van der Waals surface area contributed by atoms with E-state index < -0.39 is 0 Å². The minimum absolute atomic E-state index is 0.166. The molecule has 1 heterocycles. The molecule has 5 nitrogen and oxygen atoms in total. The minimum Gasteiger partial charge on any atom is -0.352 e. The Morgan fingerprint density at radius 2 is 1.91 bits per heavy atom. The van der Waals surface area contributed by atoms with Gasteiger partial charge in [0.1, 0.15) is 0 Å². The molecule has 0 spiro atoms. The van der Waals surface area contributed by atoms with E-state index in [2.05, 4.69) is 63.4 Å². The summed E-state index contributed by atoms with van der Waals surface area (Å²) in [5.41, 5.74) is 1.32. The first-order valence-corrected chi connectivity index (χ1v) is 7.62. The Bertz CT molecular complexity index is 603. The molecule has 2 aromatic rings. The fourth-order valence-electron chi connectivity index (χ4n) is 1.98. The lowest BCUT2D eigenvalue weighted by Crippen LogP contribution is -2.19. The first-order valence-electron chi connectivity index (χ1n) is 7.24. The van der Waals surface area contributed by atoms with Gasteiger partial charge in [0.25, 0.3) is 0 Å². The third-order valence-corrected chi connectivity index (χ3v) is 3.27. The van der Waals surface area contributed by atoms with Crippen molar-refractivity contribution in [2.75, 3.05) is 17.2 Å². The molecule has 0 aliphatic carbocycles. The zero-order valence-electron chi connectivity index (χ0n) is 12.6. The average molecular weight is 318 g/mol. The molecule has 0 aliphatic rings. The van der Waals surface area contributed by atoms with E-state index in [1.165, 1.54) is 5.56 Å². The first kappa shape index (κ1) is 16.2. The van der Waals surface area contributed by atoms with E-state index in [1.54, 1.807) is 6.08 Å². The second-order valence-corrected chi connectivity index (χ2v) is 5.33. The van der Waals surface area contributed by atoms with Gasteiger partial charge >= 0.3 is 0 Å². The van der Waals surface area contributed by atoms with Gasteiger partial charge in [-0.1, -0.05) is 36.4 Å². The molecule has 2 rings (SSSR count). The van der Waals surface area contributed by atoms with E-state index >= 15 is 0 Å². The molecular formula is C16H20ClN5. The van der Waals surface area contributed by atoms with Gasteiger partial charge in [-0.05, 0) is 36.9 Å². The average Bonchev–Trinajstić information content (AvgIpc) is 2.51. The monoisotopic (exact) mass is 317 g/mol. The fourth-order valence-corrected chi connectivity index (χ4v) is 2.14. The number of hydrogen-bond acceptors (Lipinski definition) is 5. The zero-order valence-corrected chi connectivity index (χ0v) is 13.3. The number of nitrogens with one attached hydrogen (secondary N) is 2. The third-order valence-electron chi connectivity index (χ3n) is 3.10. The highest BCUT2D eigenvalue weighted by Gasteiger charge is 2.08. The lowest BCUT2D eigenvalue weighted by molar-refractivity contribution is 0.698. The maximum absolute atomic E-state index is 5.92. The smallest absolute Gasteiger partial charge is 0.229 e. The molecule has 2 N–H and O–H groups in total. The predicted molar refractivity (Wildman–Crippen MR) is 91.4 cm³/mol. The molecule has 0 saturated carbocycles. The second kappa shape index (κ2) is 8.34. The Hall–Kier alpha value is -2.14. The van der Waals surface area contributed by atoms with E-state index in [-0.39, 0.29) is 11.3 Å². The van der Waals surface area contributed by atoms with Gasteiger partial charge < -0.3 is 10.6 Å². The highest BCUT2D eigenvalue weighted by Crippen LogP contribution is 2.12. The summed E-state index contributed by atoms with van der Waals surface area (Å²) in [4.78, 5) is 12.4. The Labute approximate surface area is 135 Å². The molecule has 0 bridgehead atoms. The van der Waals surface area contributed by atoms with Crippen LogP contribution in [0, 0.1) is 0 Å². The van der Waals surface area contributed by atoms with Crippen LogP contribution in [-0.2, 0) is 6.42 Å². The summed E-state index contributed by atoms with van der Waals surface area (Å²) >= 11 is 5.92. The Morgan fingerprint density at radius 3 is 2.64 bits per heavy atom. The third kappa shape index (κ3) is 5.33. The molecule has 116 valence electrons. The molecule has 0 fully saturated rings.